The van der Waals surface area contributed by atoms with Crippen molar-refractivity contribution >= 4 is 6.16 Å². The van der Waals surface area contributed by atoms with Crippen molar-refractivity contribution in [3.63, 3.8) is 0 Å². The van der Waals surface area contributed by atoms with Gasteiger partial charge in [-0.15, -0.1) is 0 Å². The monoisotopic (exact) mass is 276 g/mol. The van der Waals surface area contributed by atoms with Crippen LogP contribution in [0.15, 0.2) is 12.2 Å². The predicted molar refractivity (Wildman–Crippen MR) is 69.0 cm³/mol. The van der Waals surface area contributed by atoms with Crippen LogP contribution in [0.4, 0.5) is 4.79 Å². The van der Waals surface area contributed by atoms with E-state index in [1.165, 1.54) is 13.8 Å². The molecule has 0 saturated carbocycles. The summed E-state index contributed by atoms with van der Waals surface area (Å²) in [6.07, 6.45) is -0.265. The van der Waals surface area contributed by atoms with Crippen LogP contribution in [0.5, 0.6) is 0 Å². The quantitative estimate of drug-likeness (QED) is 0.222. The van der Waals surface area contributed by atoms with Crippen LogP contribution in [-0.4, -0.2) is 24.2 Å². The zero-order valence-corrected chi connectivity index (χ0v) is 12.6. The highest BCUT2D eigenvalue weighted by atomic mass is 17.3. The molecule has 0 amide bonds. The lowest BCUT2D eigenvalue weighted by Gasteiger charge is -2.28. The first-order valence-corrected chi connectivity index (χ1v) is 6.11. The average Bonchev–Trinajstić information content (AvgIpc) is 2.25. The Balaban J connectivity index is 4.07. The molecule has 0 rings (SSSR count). The number of hydrogen-bond donors (Lipinski definition) is 0. The highest BCUT2D eigenvalue weighted by molar-refractivity contribution is 5.59. The van der Waals surface area contributed by atoms with Gasteiger partial charge in [-0.2, -0.15) is 9.78 Å². The summed E-state index contributed by atoms with van der Waals surface area (Å²) in [6, 6.07) is 0. The van der Waals surface area contributed by atoms with Gasteiger partial charge in [-0.3, -0.25) is 4.89 Å². The van der Waals surface area contributed by atoms with Crippen LogP contribution in [-0.2, 0) is 24.3 Å². The van der Waals surface area contributed by atoms with Gasteiger partial charge in [0.2, 0.25) is 5.79 Å². The summed E-state index contributed by atoms with van der Waals surface area (Å²) >= 11 is 0. The highest BCUT2D eigenvalue weighted by Crippen LogP contribution is 2.20. The van der Waals surface area contributed by atoms with E-state index in [4.69, 9.17) is 14.5 Å². The average molecular weight is 276 g/mol. The Hall–Kier alpha value is -1.11. The Morgan fingerprint density at radius 3 is 2.21 bits per heavy atom. The maximum atomic E-state index is 11.3. The zero-order valence-electron chi connectivity index (χ0n) is 12.6. The van der Waals surface area contributed by atoms with Crippen LogP contribution in [0, 0.1) is 0 Å². The molecule has 0 aliphatic rings. The molecule has 0 heterocycles. The fourth-order valence-corrected chi connectivity index (χ4v) is 0.685. The topological polar surface area (TPSA) is 63.2 Å². The Kier molecular flexibility index (Phi) is 7.04. The third-order valence-electron chi connectivity index (χ3n) is 2.08. The number of ether oxygens (including phenoxy) is 1. The van der Waals surface area contributed by atoms with E-state index in [0.29, 0.717) is 0 Å². The van der Waals surface area contributed by atoms with Crippen molar-refractivity contribution in [3.05, 3.63) is 12.2 Å². The second-order valence-electron chi connectivity index (χ2n) is 5.33. The Bertz CT molecular complexity index is 308. The van der Waals surface area contributed by atoms with Gasteiger partial charge >= 0.3 is 6.16 Å². The van der Waals surface area contributed by atoms with Crippen molar-refractivity contribution in [2.75, 3.05) is 6.61 Å². The van der Waals surface area contributed by atoms with E-state index in [9.17, 15) is 4.79 Å². The van der Waals surface area contributed by atoms with E-state index in [-0.39, 0.29) is 6.61 Å². The fraction of sp³-hybridized carbons (Fsp3) is 0.769. The Morgan fingerprint density at radius 2 is 1.74 bits per heavy atom. The van der Waals surface area contributed by atoms with E-state index in [1.807, 2.05) is 20.8 Å². The van der Waals surface area contributed by atoms with Crippen molar-refractivity contribution in [1.82, 2.24) is 0 Å². The van der Waals surface area contributed by atoms with Gasteiger partial charge in [-0.25, -0.2) is 9.68 Å². The van der Waals surface area contributed by atoms with Crippen molar-refractivity contribution in [1.29, 1.82) is 0 Å². The molecule has 0 aromatic rings. The molecule has 0 aromatic carbocycles. The standard InChI is InChI=1S/C13H24O6/c1-8-12(4,5)18-19-13(6,7)16-11(14)17-15-9-10(2)3/h2,8-9H2,1,3-7H3. The van der Waals surface area contributed by atoms with Crippen molar-refractivity contribution < 1.29 is 29.1 Å². The molecular formula is C13H24O6. The summed E-state index contributed by atoms with van der Waals surface area (Å²) in [5.41, 5.74) is 0.248. The van der Waals surface area contributed by atoms with E-state index in [2.05, 4.69) is 16.4 Å². The molecular weight excluding hydrogens is 252 g/mol. The van der Waals surface area contributed by atoms with Crippen LogP contribution in [0.3, 0.4) is 0 Å². The van der Waals surface area contributed by atoms with Crippen molar-refractivity contribution in [2.45, 2.75) is 59.4 Å². The molecule has 0 saturated heterocycles. The second kappa shape index (κ2) is 7.47. The summed E-state index contributed by atoms with van der Waals surface area (Å²) in [5, 5.41) is 0. The van der Waals surface area contributed by atoms with Crippen molar-refractivity contribution in [3.8, 4) is 0 Å². The summed E-state index contributed by atoms with van der Waals surface area (Å²) in [5.74, 6) is -1.28. The molecule has 0 bridgehead atoms. The maximum absolute atomic E-state index is 11.3. The first-order valence-electron chi connectivity index (χ1n) is 6.11. The minimum absolute atomic E-state index is 0.107. The lowest BCUT2D eigenvalue weighted by Crippen LogP contribution is -2.36. The van der Waals surface area contributed by atoms with Gasteiger partial charge in [0.15, 0.2) is 0 Å². The summed E-state index contributed by atoms with van der Waals surface area (Å²) < 4.78 is 4.90. The zero-order chi connectivity index (χ0) is 15.1. The largest absolute Gasteiger partial charge is 0.543 e. The van der Waals surface area contributed by atoms with E-state index >= 15 is 0 Å². The lowest BCUT2D eigenvalue weighted by atomic mass is 10.1. The molecule has 0 spiro atoms. The van der Waals surface area contributed by atoms with Crippen LogP contribution >= 0.6 is 0 Å². The molecule has 0 atom stereocenters. The molecule has 0 fully saturated rings. The molecule has 112 valence electrons. The summed E-state index contributed by atoms with van der Waals surface area (Å²) in [7, 11) is 0. The number of rotatable bonds is 8. The minimum atomic E-state index is -1.28. The lowest BCUT2D eigenvalue weighted by molar-refractivity contribution is -0.447. The molecule has 19 heavy (non-hydrogen) atoms. The van der Waals surface area contributed by atoms with Gasteiger partial charge in [0, 0.05) is 13.8 Å². The minimum Gasteiger partial charge on any atom is -0.398 e. The molecule has 0 radical (unpaired) electrons. The van der Waals surface area contributed by atoms with E-state index in [1.54, 1.807) is 6.92 Å². The smallest absolute Gasteiger partial charge is 0.398 e. The molecule has 0 N–H and O–H groups in total. The van der Waals surface area contributed by atoms with Gasteiger partial charge in [0.05, 0.1) is 5.60 Å². The number of hydrogen-bond acceptors (Lipinski definition) is 6. The first kappa shape index (κ1) is 17.9. The molecule has 0 unspecified atom stereocenters. The van der Waals surface area contributed by atoms with E-state index < -0.39 is 17.5 Å². The van der Waals surface area contributed by atoms with Gasteiger partial charge in [0.1, 0.15) is 6.61 Å². The second-order valence-corrected chi connectivity index (χ2v) is 5.33. The van der Waals surface area contributed by atoms with Gasteiger partial charge in [0.25, 0.3) is 0 Å². The SMILES string of the molecule is C=C(C)COOC(=O)OC(C)(C)OOC(C)(C)CC. The third kappa shape index (κ3) is 9.47. The maximum Gasteiger partial charge on any atom is 0.543 e. The number of carbonyl (C=O) groups excluding carboxylic acids is 1. The molecule has 6 heteroatoms. The van der Waals surface area contributed by atoms with Crippen LogP contribution < -0.4 is 0 Å². The molecule has 6 nitrogen and oxygen atoms in total. The highest BCUT2D eigenvalue weighted by Gasteiger charge is 2.30. The first-order chi connectivity index (χ1) is 8.58. The molecule has 0 aliphatic heterocycles. The molecule has 0 aromatic heterocycles. The molecule has 0 aliphatic carbocycles. The Morgan fingerprint density at radius 1 is 1.16 bits per heavy atom. The van der Waals surface area contributed by atoms with Gasteiger partial charge in [-0.1, -0.05) is 19.1 Å². The Labute approximate surface area is 114 Å². The van der Waals surface area contributed by atoms with Gasteiger partial charge < -0.3 is 4.74 Å². The van der Waals surface area contributed by atoms with E-state index in [0.717, 1.165) is 12.0 Å². The summed E-state index contributed by atoms with van der Waals surface area (Å²) in [4.78, 5) is 30.6. The van der Waals surface area contributed by atoms with Crippen molar-refractivity contribution in [2.24, 2.45) is 0 Å². The predicted octanol–water partition coefficient (Wildman–Crippen LogP) is 3.52. The van der Waals surface area contributed by atoms with Crippen LogP contribution in [0.1, 0.15) is 48.0 Å². The normalized spacial score (nSPS) is 12.1. The third-order valence-corrected chi connectivity index (χ3v) is 2.08. The number of carbonyl (C=O) groups is 1. The van der Waals surface area contributed by atoms with Crippen LogP contribution in [0.2, 0.25) is 0 Å². The summed E-state index contributed by atoms with van der Waals surface area (Å²) in [6.45, 7) is 14.2. The van der Waals surface area contributed by atoms with Gasteiger partial charge in [-0.05, 0) is 27.2 Å². The van der Waals surface area contributed by atoms with Crippen LogP contribution in [0.25, 0.3) is 0 Å². The fourth-order valence-electron chi connectivity index (χ4n) is 0.685.